The smallest absolute Gasteiger partial charge is 0.245 e. The van der Waals surface area contributed by atoms with Crippen LogP contribution in [-0.2, 0) is 4.79 Å². The summed E-state index contributed by atoms with van der Waals surface area (Å²) in [6.45, 7) is 4.12. The topological polar surface area (TPSA) is 65.2 Å². The average Bonchev–Trinajstić information content (AvgIpc) is 2.64. The standard InChI is InChI=1S/C22H27ClN2O2/c1-3-4-5-6-7-8-9-12-17(15-20(24)26)27-22-16(2)18-13-10-11-14-19(18)21(23)25-22/h9-15H,3-8H2,1-2H3,(H2,24,26)/b12-9+,17-15+. The summed E-state index contributed by atoms with van der Waals surface area (Å²) in [6, 6.07) is 7.74. The maximum absolute atomic E-state index is 11.4. The van der Waals surface area contributed by atoms with Crippen molar-refractivity contribution in [1.82, 2.24) is 4.98 Å². The van der Waals surface area contributed by atoms with E-state index >= 15 is 0 Å². The molecule has 0 radical (unpaired) electrons. The second kappa shape index (κ2) is 10.7. The second-order valence-corrected chi connectivity index (χ2v) is 6.89. The number of unbranched alkanes of at least 4 members (excludes halogenated alkanes) is 5. The number of carbonyl (C=O) groups is 1. The fourth-order valence-electron chi connectivity index (χ4n) is 2.87. The Balaban J connectivity index is 2.14. The van der Waals surface area contributed by atoms with E-state index in [1.165, 1.54) is 31.8 Å². The van der Waals surface area contributed by atoms with Crippen molar-refractivity contribution in [2.45, 2.75) is 52.4 Å². The number of nitrogens with two attached hydrogens (primary N) is 1. The lowest BCUT2D eigenvalue weighted by molar-refractivity contribution is -0.113. The molecule has 0 saturated carbocycles. The third-order valence-electron chi connectivity index (χ3n) is 4.33. The molecule has 2 rings (SSSR count). The van der Waals surface area contributed by atoms with Crippen molar-refractivity contribution in [3.8, 4) is 5.88 Å². The van der Waals surface area contributed by atoms with Crippen molar-refractivity contribution < 1.29 is 9.53 Å². The summed E-state index contributed by atoms with van der Waals surface area (Å²) >= 11 is 6.29. The fourth-order valence-corrected chi connectivity index (χ4v) is 3.11. The van der Waals surface area contributed by atoms with Crippen molar-refractivity contribution in [3.63, 3.8) is 0 Å². The van der Waals surface area contributed by atoms with Gasteiger partial charge in [-0.1, -0.05) is 74.5 Å². The Bertz CT molecular complexity index is 844. The highest BCUT2D eigenvalue weighted by molar-refractivity contribution is 6.34. The van der Waals surface area contributed by atoms with Gasteiger partial charge < -0.3 is 10.5 Å². The number of amides is 1. The first-order valence-corrected chi connectivity index (χ1v) is 9.81. The molecule has 1 amide bonds. The molecule has 1 aromatic heterocycles. The molecular weight excluding hydrogens is 360 g/mol. The van der Waals surface area contributed by atoms with Crippen LogP contribution in [0.3, 0.4) is 0 Å². The van der Waals surface area contributed by atoms with E-state index in [1.807, 2.05) is 37.3 Å². The Kier molecular flexibility index (Phi) is 8.34. The molecule has 1 heterocycles. The molecule has 1 aromatic carbocycles. The van der Waals surface area contributed by atoms with Gasteiger partial charge in [0, 0.05) is 17.0 Å². The predicted molar refractivity (Wildman–Crippen MR) is 112 cm³/mol. The number of rotatable bonds is 10. The summed E-state index contributed by atoms with van der Waals surface area (Å²) in [5, 5.41) is 2.20. The van der Waals surface area contributed by atoms with E-state index in [-0.39, 0.29) is 0 Å². The number of benzene rings is 1. The van der Waals surface area contributed by atoms with Crippen molar-refractivity contribution in [1.29, 1.82) is 0 Å². The van der Waals surface area contributed by atoms with Gasteiger partial charge in [0.15, 0.2) is 0 Å². The highest BCUT2D eigenvalue weighted by atomic mass is 35.5. The quantitative estimate of drug-likeness (QED) is 0.183. The van der Waals surface area contributed by atoms with Crippen LogP contribution in [0.1, 0.15) is 51.0 Å². The monoisotopic (exact) mass is 386 g/mol. The number of nitrogens with zero attached hydrogens (tertiary/aromatic N) is 1. The number of aryl methyl sites for hydroxylation is 1. The minimum absolute atomic E-state index is 0.359. The maximum atomic E-state index is 11.4. The van der Waals surface area contributed by atoms with Crippen LogP contribution < -0.4 is 10.5 Å². The van der Waals surface area contributed by atoms with Crippen LogP contribution in [-0.4, -0.2) is 10.9 Å². The molecular formula is C22H27ClN2O2. The van der Waals surface area contributed by atoms with Gasteiger partial charge in [-0.25, -0.2) is 4.98 Å². The number of carbonyl (C=O) groups excluding carboxylic acids is 1. The number of hydrogen-bond acceptors (Lipinski definition) is 3. The Morgan fingerprint density at radius 1 is 1.19 bits per heavy atom. The second-order valence-electron chi connectivity index (χ2n) is 6.53. The van der Waals surface area contributed by atoms with Crippen molar-refractivity contribution >= 4 is 28.3 Å². The normalized spacial score (nSPS) is 12.0. The molecule has 2 aromatic rings. The van der Waals surface area contributed by atoms with E-state index in [0.29, 0.717) is 16.8 Å². The summed E-state index contributed by atoms with van der Waals surface area (Å²) in [5.41, 5.74) is 6.17. The predicted octanol–water partition coefficient (Wildman–Crippen LogP) is 5.86. The van der Waals surface area contributed by atoms with Gasteiger partial charge in [-0.3, -0.25) is 4.79 Å². The first-order chi connectivity index (χ1) is 13.0. The van der Waals surface area contributed by atoms with E-state index in [4.69, 9.17) is 22.1 Å². The van der Waals surface area contributed by atoms with Crippen LogP contribution in [0.25, 0.3) is 10.8 Å². The van der Waals surface area contributed by atoms with Crippen molar-refractivity contribution in [3.05, 3.63) is 59.0 Å². The maximum Gasteiger partial charge on any atom is 0.245 e. The first kappa shape index (κ1) is 21.0. The van der Waals surface area contributed by atoms with E-state index in [1.54, 1.807) is 6.08 Å². The average molecular weight is 387 g/mol. The number of halogens is 1. The van der Waals surface area contributed by atoms with E-state index in [2.05, 4.69) is 11.9 Å². The van der Waals surface area contributed by atoms with Crippen molar-refractivity contribution in [2.24, 2.45) is 5.73 Å². The van der Waals surface area contributed by atoms with Gasteiger partial charge in [0.2, 0.25) is 11.8 Å². The summed E-state index contributed by atoms with van der Waals surface area (Å²) < 4.78 is 5.87. The number of primary amides is 1. The number of ether oxygens (including phenoxy) is 1. The minimum atomic E-state index is -0.567. The highest BCUT2D eigenvalue weighted by Crippen LogP contribution is 2.31. The molecule has 0 aliphatic heterocycles. The zero-order chi connectivity index (χ0) is 19.6. The molecule has 27 heavy (non-hydrogen) atoms. The third-order valence-corrected chi connectivity index (χ3v) is 4.62. The number of aromatic nitrogens is 1. The van der Waals surface area contributed by atoms with Gasteiger partial charge in [-0.2, -0.15) is 0 Å². The summed E-state index contributed by atoms with van der Waals surface area (Å²) in [4.78, 5) is 15.7. The molecule has 4 nitrogen and oxygen atoms in total. The van der Waals surface area contributed by atoms with Crippen LogP contribution in [0.2, 0.25) is 5.15 Å². The Labute approximate surface area is 166 Å². The van der Waals surface area contributed by atoms with Gasteiger partial charge in [0.25, 0.3) is 0 Å². The van der Waals surface area contributed by atoms with E-state index < -0.39 is 5.91 Å². The zero-order valence-electron chi connectivity index (χ0n) is 16.0. The van der Waals surface area contributed by atoms with Crippen LogP contribution >= 0.6 is 11.6 Å². The molecule has 0 unspecified atom stereocenters. The number of allylic oxidation sites excluding steroid dienone is 2. The third kappa shape index (κ3) is 6.40. The van der Waals surface area contributed by atoms with Crippen LogP contribution in [0.4, 0.5) is 0 Å². The fraction of sp³-hybridized carbons (Fsp3) is 0.364. The molecule has 0 aliphatic rings. The van der Waals surface area contributed by atoms with E-state index in [0.717, 1.165) is 29.2 Å². The first-order valence-electron chi connectivity index (χ1n) is 9.43. The van der Waals surface area contributed by atoms with Gasteiger partial charge >= 0.3 is 0 Å². The summed E-state index contributed by atoms with van der Waals surface area (Å²) in [5.74, 6) is 0.166. The molecule has 0 atom stereocenters. The lowest BCUT2D eigenvalue weighted by atomic mass is 10.1. The van der Waals surface area contributed by atoms with Crippen molar-refractivity contribution in [2.75, 3.05) is 0 Å². The highest BCUT2D eigenvalue weighted by Gasteiger charge is 2.12. The molecule has 0 saturated heterocycles. The minimum Gasteiger partial charge on any atom is -0.438 e. The van der Waals surface area contributed by atoms with Gasteiger partial charge in [0.1, 0.15) is 10.9 Å². The zero-order valence-corrected chi connectivity index (χ0v) is 16.8. The molecule has 144 valence electrons. The van der Waals surface area contributed by atoms with Gasteiger partial charge in [-0.05, 0) is 31.2 Å². The SMILES string of the molecule is CCCCCCC/C=C/C(=C\C(N)=O)Oc1nc(Cl)c2ccccc2c1C. The lowest BCUT2D eigenvalue weighted by Crippen LogP contribution is -2.09. The summed E-state index contributed by atoms with van der Waals surface area (Å²) in [7, 11) is 0. The van der Waals surface area contributed by atoms with Gasteiger partial charge in [0.05, 0.1) is 0 Å². The number of fused-ring (bicyclic) bond motifs is 1. The Morgan fingerprint density at radius 2 is 1.89 bits per heavy atom. The molecule has 0 bridgehead atoms. The lowest BCUT2D eigenvalue weighted by Gasteiger charge is -2.12. The van der Waals surface area contributed by atoms with Crippen LogP contribution in [0, 0.1) is 6.92 Å². The molecule has 0 fully saturated rings. The van der Waals surface area contributed by atoms with Gasteiger partial charge in [-0.15, -0.1) is 0 Å². The van der Waals surface area contributed by atoms with E-state index in [9.17, 15) is 4.79 Å². The van der Waals surface area contributed by atoms with Crippen LogP contribution in [0.15, 0.2) is 48.3 Å². The largest absolute Gasteiger partial charge is 0.438 e. The molecule has 5 heteroatoms. The summed E-state index contributed by atoms with van der Waals surface area (Å²) in [6.07, 6.45) is 12.0. The number of pyridine rings is 1. The Morgan fingerprint density at radius 3 is 2.59 bits per heavy atom. The van der Waals surface area contributed by atoms with Crippen LogP contribution in [0.5, 0.6) is 5.88 Å². The Hall–Kier alpha value is -2.33. The molecule has 2 N–H and O–H groups in total. The number of hydrogen-bond donors (Lipinski definition) is 1. The molecule has 0 spiro atoms. The molecule has 0 aliphatic carbocycles.